The van der Waals surface area contributed by atoms with Gasteiger partial charge in [-0.15, -0.1) is 5.10 Å². The number of nitriles is 1. The number of aromatic nitrogens is 6. The summed E-state index contributed by atoms with van der Waals surface area (Å²) in [6.07, 6.45) is 2.22. The first-order chi connectivity index (χ1) is 19.5. The Kier molecular flexibility index (Phi) is 7.40. The molecule has 2 N–H and O–H groups in total. The van der Waals surface area contributed by atoms with E-state index in [0.717, 1.165) is 28.9 Å². The zero-order valence-corrected chi connectivity index (χ0v) is 24.0. The number of amides is 1. The fraction of sp³-hybridized carbons (Fsp3) is 0.448. The summed E-state index contributed by atoms with van der Waals surface area (Å²) in [6.45, 7) is 11.5. The van der Waals surface area contributed by atoms with Crippen LogP contribution >= 0.6 is 0 Å². The van der Waals surface area contributed by atoms with Gasteiger partial charge in [0.25, 0.3) is 0 Å². The molecule has 1 saturated heterocycles. The summed E-state index contributed by atoms with van der Waals surface area (Å²) >= 11 is 0. The van der Waals surface area contributed by atoms with Gasteiger partial charge in [0.15, 0.2) is 11.5 Å². The van der Waals surface area contributed by atoms with E-state index in [1.165, 1.54) is 17.3 Å². The van der Waals surface area contributed by atoms with E-state index in [1.54, 1.807) is 4.52 Å². The zero-order valence-electron chi connectivity index (χ0n) is 24.0. The molecule has 12 heteroatoms. The molecule has 1 aromatic carbocycles. The predicted octanol–water partition coefficient (Wildman–Crippen LogP) is 3.64. The number of rotatable bonds is 7. The van der Waals surface area contributed by atoms with E-state index < -0.39 is 17.8 Å². The fourth-order valence-corrected chi connectivity index (χ4v) is 5.26. The second kappa shape index (κ2) is 10.8. The number of nitrogens with one attached hydrogen (secondary N) is 1. The molecule has 0 spiro atoms. The molecule has 0 radical (unpaired) electrons. The molecule has 4 aromatic rings. The van der Waals surface area contributed by atoms with E-state index in [-0.39, 0.29) is 17.8 Å². The van der Waals surface area contributed by atoms with Crippen LogP contribution in [0, 0.1) is 23.7 Å². The summed E-state index contributed by atoms with van der Waals surface area (Å²) in [5, 5.41) is 32.9. The van der Waals surface area contributed by atoms with Crippen LogP contribution in [-0.2, 0) is 11.3 Å². The maximum atomic E-state index is 12.4. The van der Waals surface area contributed by atoms with E-state index in [0.29, 0.717) is 30.8 Å². The summed E-state index contributed by atoms with van der Waals surface area (Å²) < 4.78 is 8.63. The van der Waals surface area contributed by atoms with Gasteiger partial charge in [-0.25, -0.2) is 19.4 Å². The van der Waals surface area contributed by atoms with Gasteiger partial charge < -0.3 is 20.1 Å². The summed E-state index contributed by atoms with van der Waals surface area (Å²) in [5.41, 5.74) is 2.56. The van der Waals surface area contributed by atoms with Gasteiger partial charge in [-0.2, -0.15) is 14.9 Å². The Morgan fingerprint density at radius 1 is 1.29 bits per heavy atom. The number of pyridine rings is 1. The van der Waals surface area contributed by atoms with Gasteiger partial charge in [0.1, 0.15) is 41.8 Å². The molecular weight excluding hydrogens is 522 g/mol. The molecule has 1 aliphatic rings. The molecule has 41 heavy (non-hydrogen) atoms. The molecule has 1 fully saturated rings. The molecule has 1 aliphatic heterocycles. The van der Waals surface area contributed by atoms with Crippen LogP contribution in [0.25, 0.3) is 16.8 Å². The van der Waals surface area contributed by atoms with E-state index in [1.807, 2.05) is 58.0 Å². The maximum absolute atomic E-state index is 12.4. The topological polar surface area (TPSA) is 146 Å². The van der Waals surface area contributed by atoms with Crippen molar-refractivity contribution in [2.24, 2.45) is 5.41 Å². The molecule has 1 unspecified atom stereocenters. The zero-order chi connectivity index (χ0) is 29.4. The number of aliphatic hydroxyl groups excluding tert-OH is 1. The monoisotopic (exact) mass is 557 g/mol. The number of ether oxygens (including phenoxy) is 1. The Bertz CT molecular complexity index is 1590. The summed E-state index contributed by atoms with van der Waals surface area (Å²) in [4.78, 5) is 23.2. The van der Waals surface area contributed by atoms with Crippen molar-refractivity contribution < 1.29 is 14.6 Å². The Morgan fingerprint density at radius 2 is 2.05 bits per heavy atom. The van der Waals surface area contributed by atoms with Crippen LogP contribution in [-0.4, -0.2) is 65.8 Å². The minimum atomic E-state index is -1.06. The fourth-order valence-electron chi connectivity index (χ4n) is 5.26. The van der Waals surface area contributed by atoms with Crippen LogP contribution in [0.5, 0.6) is 0 Å². The summed E-state index contributed by atoms with van der Waals surface area (Å²) in [5.74, 6) is 0.979. The van der Waals surface area contributed by atoms with Crippen molar-refractivity contribution >= 4 is 17.6 Å². The lowest BCUT2D eigenvalue weighted by Crippen LogP contribution is -2.40. The Labute approximate surface area is 238 Å². The van der Waals surface area contributed by atoms with Crippen LogP contribution in [0.1, 0.15) is 57.2 Å². The molecule has 12 nitrogen and oxygen atoms in total. The van der Waals surface area contributed by atoms with Crippen LogP contribution in [0.3, 0.4) is 0 Å². The molecule has 3 aromatic heterocycles. The molecule has 5 rings (SSSR count). The lowest BCUT2D eigenvalue weighted by molar-refractivity contribution is 0.0507. The number of alkyl carbamates (subject to hydrolysis) is 1. The molecule has 1 amide bonds. The average molecular weight is 558 g/mol. The highest BCUT2D eigenvalue weighted by Gasteiger charge is 2.38. The number of carbonyl (C=O) groups excluding carboxylic acids is 1. The van der Waals surface area contributed by atoms with Crippen molar-refractivity contribution in [2.75, 3.05) is 24.5 Å². The average Bonchev–Trinajstić information content (AvgIpc) is 3.67. The number of carbonyl (C=O) groups is 1. The van der Waals surface area contributed by atoms with E-state index in [2.05, 4.69) is 38.3 Å². The highest BCUT2D eigenvalue weighted by atomic mass is 16.6. The number of nitrogens with zero attached hydrogens (tertiary/aromatic N) is 8. The SMILES string of the molecule is Cc1c(-c2ccccc2)c(N2CC[C@@](C)(CNC(=O)OC(C)(C)C)C2)n2nc(C(O)Cn3cncn3)nc2c1C#N. The van der Waals surface area contributed by atoms with Crippen molar-refractivity contribution in [3.8, 4) is 17.2 Å². The second-order valence-electron chi connectivity index (χ2n) is 11.9. The Hall–Kier alpha value is -4.50. The van der Waals surface area contributed by atoms with Crippen LogP contribution in [0.4, 0.5) is 10.6 Å². The number of hydrogen-bond acceptors (Lipinski definition) is 9. The summed E-state index contributed by atoms with van der Waals surface area (Å²) in [6, 6.07) is 12.2. The first-order valence-corrected chi connectivity index (χ1v) is 13.6. The van der Waals surface area contributed by atoms with Crippen LogP contribution in [0.2, 0.25) is 0 Å². The largest absolute Gasteiger partial charge is 0.444 e. The molecule has 0 aliphatic carbocycles. The Morgan fingerprint density at radius 3 is 2.71 bits per heavy atom. The molecule has 214 valence electrons. The minimum Gasteiger partial charge on any atom is -0.444 e. The Balaban J connectivity index is 1.56. The van der Waals surface area contributed by atoms with E-state index in [9.17, 15) is 15.2 Å². The molecule has 4 heterocycles. The van der Waals surface area contributed by atoms with Gasteiger partial charge in [-0.05, 0) is 45.2 Å². The third-order valence-electron chi connectivity index (χ3n) is 7.24. The van der Waals surface area contributed by atoms with Gasteiger partial charge in [0, 0.05) is 30.6 Å². The van der Waals surface area contributed by atoms with Crippen molar-refractivity contribution in [1.82, 2.24) is 34.7 Å². The van der Waals surface area contributed by atoms with Gasteiger partial charge >= 0.3 is 6.09 Å². The van der Waals surface area contributed by atoms with Crippen LogP contribution < -0.4 is 10.2 Å². The number of benzene rings is 1. The van der Waals surface area contributed by atoms with Gasteiger partial charge in [-0.3, -0.25) is 0 Å². The number of anilines is 1. The third kappa shape index (κ3) is 5.85. The number of hydrogen-bond donors (Lipinski definition) is 2. The van der Waals surface area contributed by atoms with E-state index in [4.69, 9.17) is 9.84 Å². The molecule has 2 atom stereocenters. The first-order valence-electron chi connectivity index (χ1n) is 13.6. The smallest absolute Gasteiger partial charge is 0.407 e. The van der Waals surface area contributed by atoms with Crippen LogP contribution in [0.15, 0.2) is 43.0 Å². The molecule has 0 bridgehead atoms. The van der Waals surface area contributed by atoms with Crippen molar-refractivity contribution in [3.63, 3.8) is 0 Å². The second-order valence-corrected chi connectivity index (χ2v) is 11.9. The predicted molar refractivity (Wildman–Crippen MR) is 152 cm³/mol. The third-order valence-corrected chi connectivity index (χ3v) is 7.24. The standard InChI is InChI=1S/C29H35N9O3/c1-19-21(13-30)25-34-24(22(39)14-37-18-31-17-33-37)35-38(25)26(23(19)20-9-7-6-8-10-20)36-12-11-29(5,16-36)15-32-27(40)41-28(2,3)4/h6-10,17-18,22,39H,11-12,14-16H2,1-5H3,(H,32,40)/t22?,29-/m0/s1. The van der Waals surface area contributed by atoms with Gasteiger partial charge in [-0.1, -0.05) is 37.3 Å². The number of aliphatic hydroxyl groups is 1. The summed E-state index contributed by atoms with van der Waals surface area (Å²) in [7, 11) is 0. The van der Waals surface area contributed by atoms with Crippen molar-refractivity contribution in [2.45, 2.75) is 59.3 Å². The lowest BCUT2D eigenvalue weighted by Gasteiger charge is -2.29. The highest BCUT2D eigenvalue weighted by molar-refractivity contribution is 5.85. The van der Waals surface area contributed by atoms with Crippen molar-refractivity contribution in [1.29, 1.82) is 5.26 Å². The normalized spacial score (nSPS) is 17.9. The maximum Gasteiger partial charge on any atom is 0.407 e. The minimum absolute atomic E-state index is 0.122. The molecule has 0 saturated carbocycles. The van der Waals surface area contributed by atoms with Crippen molar-refractivity contribution in [3.05, 3.63) is 59.9 Å². The quantitative estimate of drug-likeness (QED) is 0.348. The highest BCUT2D eigenvalue weighted by Crippen LogP contribution is 2.41. The number of fused-ring (bicyclic) bond motifs is 1. The first kappa shape index (κ1) is 28.0. The van der Waals surface area contributed by atoms with Gasteiger partial charge in [0.2, 0.25) is 0 Å². The van der Waals surface area contributed by atoms with Gasteiger partial charge in [0.05, 0.1) is 6.54 Å². The van der Waals surface area contributed by atoms with E-state index >= 15 is 0 Å². The molecular formula is C29H35N9O3. The lowest BCUT2D eigenvalue weighted by atomic mass is 9.90.